The number of hydrogen-bond acceptors (Lipinski definition) is 8. The number of esters is 1. The molecule has 3 rings (SSSR count). The summed E-state index contributed by atoms with van der Waals surface area (Å²) in [6, 6.07) is 7.26. The molecule has 2 heterocycles. The van der Waals surface area contributed by atoms with Gasteiger partial charge in [-0.2, -0.15) is 0 Å². The number of ether oxygens (including phenoxy) is 2. The van der Waals surface area contributed by atoms with Crippen molar-refractivity contribution >= 4 is 45.9 Å². The third kappa shape index (κ3) is 6.15. The van der Waals surface area contributed by atoms with Gasteiger partial charge in [-0.15, -0.1) is 0 Å². The average molecular weight is 452 g/mol. The molecule has 2 aliphatic rings. The lowest BCUT2D eigenvalue weighted by molar-refractivity contribution is -0.136. The molecule has 1 saturated heterocycles. The van der Waals surface area contributed by atoms with Gasteiger partial charge in [0.1, 0.15) is 4.38 Å². The van der Waals surface area contributed by atoms with Gasteiger partial charge in [0.15, 0.2) is 6.61 Å². The summed E-state index contributed by atoms with van der Waals surface area (Å²) in [6.45, 7) is 4.19. The molecule has 1 aromatic carbocycles. The van der Waals surface area contributed by atoms with Gasteiger partial charge in [-0.25, -0.2) is 9.59 Å². The second kappa shape index (κ2) is 11.3. The summed E-state index contributed by atoms with van der Waals surface area (Å²) >= 11 is 3.33. The summed E-state index contributed by atoms with van der Waals surface area (Å²) in [5, 5.41) is 0. The van der Waals surface area contributed by atoms with E-state index in [9.17, 15) is 14.4 Å². The molecule has 8 nitrogen and oxygen atoms in total. The van der Waals surface area contributed by atoms with E-state index in [1.54, 1.807) is 52.4 Å². The maximum atomic E-state index is 12.6. The predicted molar refractivity (Wildman–Crippen MR) is 118 cm³/mol. The quantitative estimate of drug-likeness (QED) is 0.614. The molecule has 2 amide bonds. The van der Waals surface area contributed by atoms with Crippen LogP contribution in [-0.4, -0.2) is 83.8 Å². The Bertz CT molecular complexity index is 809. The molecule has 162 valence electrons. The lowest BCUT2D eigenvalue weighted by Gasteiger charge is -2.33. The minimum Gasteiger partial charge on any atom is -0.452 e. The molecule has 30 heavy (non-hydrogen) atoms. The number of nitrogens with zero attached hydrogens (tertiary/aromatic N) is 3. The van der Waals surface area contributed by atoms with Gasteiger partial charge in [0.2, 0.25) is 0 Å². The van der Waals surface area contributed by atoms with Gasteiger partial charge in [0.05, 0.1) is 18.7 Å². The van der Waals surface area contributed by atoms with Crippen molar-refractivity contribution in [3.63, 3.8) is 0 Å². The van der Waals surface area contributed by atoms with Gasteiger partial charge in [-0.05, 0) is 18.6 Å². The lowest BCUT2D eigenvalue weighted by Crippen LogP contribution is -2.51. The zero-order valence-corrected chi connectivity index (χ0v) is 18.5. The monoisotopic (exact) mass is 451 g/mol. The molecular formula is C20H25N3O5S2. The van der Waals surface area contributed by atoms with Gasteiger partial charge >= 0.3 is 12.1 Å². The maximum Gasteiger partial charge on any atom is 0.409 e. The van der Waals surface area contributed by atoms with Crippen LogP contribution in [0, 0.1) is 0 Å². The van der Waals surface area contributed by atoms with Crippen LogP contribution in [0.4, 0.5) is 4.79 Å². The van der Waals surface area contributed by atoms with E-state index < -0.39 is 5.97 Å². The average Bonchev–Trinajstić information content (AvgIpc) is 3.30. The summed E-state index contributed by atoms with van der Waals surface area (Å²) in [7, 11) is 0. The zero-order valence-electron chi connectivity index (χ0n) is 16.9. The van der Waals surface area contributed by atoms with Crippen molar-refractivity contribution in [3.05, 3.63) is 35.4 Å². The normalized spacial score (nSPS) is 16.2. The fraction of sp³-hybridized carbons (Fsp3) is 0.500. The second-order valence-corrected chi connectivity index (χ2v) is 8.89. The van der Waals surface area contributed by atoms with E-state index in [1.165, 1.54) is 0 Å². The SMILES string of the molecule is CCOC(=O)N1CCN(C(=O)COC(=O)c2ccccc2CSC2=NCCS2)CC1. The smallest absolute Gasteiger partial charge is 0.409 e. The molecule has 0 spiro atoms. The van der Waals surface area contributed by atoms with E-state index in [-0.39, 0.29) is 18.6 Å². The number of rotatable bonds is 6. The van der Waals surface area contributed by atoms with Crippen molar-refractivity contribution < 1.29 is 23.9 Å². The van der Waals surface area contributed by atoms with Crippen LogP contribution < -0.4 is 0 Å². The second-order valence-electron chi connectivity index (χ2n) is 6.58. The van der Waals surface area contributed by atoms with Crippen LogP contribution in [0.5, 0.6) is 0 Å². The van der Waals surface area contributed by atoms with Crippen molar-refractivity contribution in [3.8, 4) is 0 Å². The lowest BCUT2D eigenvalue weighted by atomic mass is 10.1. The third-order valence-electron chi connectivity index (χ3n) is 4.63. The Labute approximate surface area is 184 Å². The molecule has 2 aliphatic heterocycles. The van der Waals surface area contributed by atoms with Gasteiger partial charge in [-0.1, -0.05) is 41.7 Å². The van der Waals surface area contributed by atoms with Crippen LogP contribution >= 0.6 is 23.5 Å². The fourth-order valence-electron chi connectivity index (χ4n) is 3.04. The molecule has 0 atom stereocenters. The number of aliphatic imine (C=N–C) groups is 1. The highest BCUT2D eigenvalue weighted by Crippen LogP contribution is 2.26. The van der Waals surface area contributed by atoms with E-state index in [0.717, 1.165) is 22.2 Å². The Morgan fingerprint density at radius 3 is 2.53 bits per heavy atom. The first-order valence-corrected chi connectivity index (χ1v) is 11.8. The predicted octanol–water partition coefficient (Wildman–Crippen LogP) is 2.48. The Hall–Kier alpha value is -2.20. The molecule has 1 fully saturated rings. The summed E-state index contributed by atoms with van der Waals surface area (Å²) in [4.78, 5) is 44.3. The van der Waals surface area contributed by atoms with Crippen LogP contribution in [0.25, 0.3) is 0 Å². The zero-order chi connectivity index (χ0) is 21.3. The molecule has 10 heteroatoms. The number of thioether (sulfide) groups is 2. The molecule has 0 aliphatic carbocycles. The molecule has 0 aromatic heterocycles. The van der Waals surface area contributed by atoms with Gasteiger partial charge in [-0.3, -0.25) is 9.79 Å². The Balaban J connectivity index is 1.47. The maximum absolute atomic E-state index is 12.6. The van der Waals surface area contributed by atoms with Crippen molar-refractivity contribution in [2.75, 3.05) is 51.7 Å². The number of amides is 2. The Kier molecular flexibility index (Phi) is 8.44. The topological polar surface area (TPSA) is 88.5 Å². The molecular weight excluding hydrogens is 426 g/mol. The van der Waals surface area contributed by atoms with Crippen molar-refractivity contribution in [1.82, 2.24) is 9.80 Å². The minimum absolute atomic E-state index is 0.268. The Morgan fingerprint density at radius 1 is 1.10 bits per heavy atom. The van der Waals surface area contributed by atoms with Gasteiger partial charge in [0, 0.05) is 37.7 Å². The number of hydrogen-bond donors (Lipinski definition) is 0. The highest BCUT2D eigenvalue weighted by molar-refractivity contribution is 8.38. The standard InChI is InChI=1S/C20H25N3O5S2/c1-2-27-20(26)23-10-8-22(9-11-23)17(24)13-28-18(25)16-6-4-3-5-15(16)14-30-19-21-7-12-29-19/h3-6H,2,7-14H2,1H3. The summed E-state index contributed by atoms with van der Waals surface area (Å²) in [6.07, 6.45) is -0.368. The van der Waals surface area contributed by atoms with E-state index in [2.05, 4.69) is 4.99 Å². The first-order chi connectivity index (χ1) is 14.6. The highest BCUT2D eigenvalue weighted by Gasteiger charge is 2.25. The van der Waals surface area contributed by atoms with Crippen LogP contribution in [0.1, 0.15) is 22.8 Å². The van der Waals surface area contributed by atoms with Crippen LogP contribution in [0.15, 0.2) is 29.3 Å². The number of carbonyl (C=O) groups is 3. The van der Waals surface area contributed by atoms with Crippen LogP contribution in [0.3, 0.4) is 0 Å². The molecule has 0 bridgehead atoms. The number of carbonyl (C=O) groups excluding carboxylic acids is 3. The molecule has 0 radical (unpaired) electrons. The van der Waals surface area contributed by atoms with Gasteiger partial charge < -0.3 is 19.3 Å². The summed E-state index contributed by atoms with van der Waals surface area (Å²) < 4.78 is 11.3. The Morgan fingerprint density at radius 2 is 1.83 bits per heavy atom. The molecule has 0 N–H and O–H groups in total. The largest absolute Gasteiger partial charge is 0.452 e. The van der Waals surface area contributed by atoms with Crippen molar-refractivity contribution in [1.29, 1.82) is 0 Å². The molecule has 0 saturated carbocycles. The van der Waals surface area contributed by atoms with E-state index in [1.807, 2.05) is 12.1 Å². The summed E-state index contributed by atoms with van der Waals surface area (Å²) in [5.74, 6) is 0.851. The summed E-state index contributed by atoms with van der Waals surface area (Å²) in [5.41, 5.74) is 1.33. The fourth-order valence-corrected chi connectivity index (χ4v) is 5.05. The first kappa shape index (κ1) is 22.5. The van der Waals surface area contributed by atoms with Gasteiger partial charge in [0.25, 0.3) is 5.91 Å². The number of piperazine rings is 1. The minimum atomic E-state index is -0.509. The van der Waals surface area contributed by atoms with E-state index in [0.29, 0.717) is 44.1 Å². The van der Waals surface area contributed by atoms with Crippen LogP contribution in [0.2, 0.25) is 0 Å². The molecule has 0 unspecified atom stereocenters. The van der Waals surface area contributed by atoms with Crippen molar-refractivity contribution in [2.45, 2.75) is 12.7 Å². The number of benzene rings is 1. The van der Waals surface area contributed by atoms with E-state index >= 15 is 0 Å². The van der Waals surface area contributed by atoms with E-state index in [4.69, 9.17) is 9.47 Å². The van der Waals surface area contributed by atoms with Crippen LogP contribution in [-0.2, 0) is 20.0 Å². The first-order valence-electron chi connectivity index (χ1n) is 9.83. The molecule has 1 aromatic rings. The highest BCUT2D eigenvalue weighted by atomic mass is 32.2. The third-order valence-corrected chi connectivity index (χ3v) is 6.93. The van der Waals surface area contributed by atoms with Crippen molar-refractivity contribution in [2.24, 2.45) is 4.99 Å².